The Labute approximate surface area is 105 Å². The molecule has 0 unspecified atom stereocenters. The van der Waals surface area contributed by atoms with E-state index < -0.39 is 49.2 Å². The zero-order valence-corrected chi connectivity index (χ0v) is 11.3. The van der Waals surface area contributed by atoms with Crippen molar-refractivity contribution in [2.24, 2.45) is 0 Å². The number of hydrogen-bond acceptors (Lipinski definition) is 6. The van der Waals surface area contributed by atoms with Crippen LogP contribution in [0.4, 0.5) is 0 Å². The maximum atomic E-state index is 10.9. The first-order valence-corrected chi connectivity index (χ1v) is 6.78. The van der Waals surface area contributed by atoms with Crippen LogP contribution in [0.25, 0.3) is 0 Å². The Morgan fingerprint density at radius 2 is 1.57 bits per heavy atom. The van der Waals surface area contributed by atoms with Gasteiger partial charge in [0.25, 0.3) is 0 Å². The Bertz CT molecular complexity index is 382. The van der Waals surface area contributed by atoms with Crippen molar-refractivity contribution < 1.29 is 56.1 Å². The number of rotatable bonds is 1. The third-order valence-corrected chi connectivity index (χ3v) is 5.06. The SMILES string of the molecule is O=S1(=O)CCC(O)(S(=O)(=O)[O-])CC1.[Na+]. The van der Waals surface area contributed by atoms with Gasteiger partial charge in [0.1, 0.15) is 10.1 Å². The molecular formula is C5H9NaO6S2. The average molecular weight is 252 g/mol. The van der Waals surface area contributed by atoms with Crippen molar-refractivity contribution in [2.75, 3.05) is 11.5 Å². The second kappa shape index (κ2) is 4.36. The van der Waals surface area contributed by atoms with E-state index in [1.807, 2.05) is 0 Å². The fraction of sp³-hybridized carbons (Fsp3) is 1.00. The smallest absolute Gasteiger partial charge is 0.746 e. The van der Waals surface area contributed by atoms with Crippen LogP contribution in [0, 0.1) is 0 Å². The van der Waals surface area contributed by atoms with Crippen LogP contribution in [0.15, 0.2) is 0 Å². The van der Waals surface area contributed by atoms with E-state index in [9.17, 15) is 26.5 Å². The van der Waals surface area contributed by atoms with Crippen molar-refractivity contribution in [2.45, 2.75) is 17.8 Å². The first kappa shape index (κ1) is 14.8. The standard InChI is InChI=1S/C5H10O6S2.Na/c6-5(13(9,10)11)1-3-12(7,8)4-2-5;/h6H,1-4H2,(H,9,10,11);/q;+1/p-1. The Morgan fingerprint density at radius 1 is 1.21 bits per heavy atom. The van der Waals surface area contributed by atoms with Gasteiger partial charge in [0.05, 0.1) is 11.5 Å². The van der Waals surface area contributed by atoms with E-state index in [2.05, 4.69) is 0 Å². The molecule has 1 saturated heterocycles. The molecule has 1 aliphatic rings. The second-order valence-electron chi connectivity index (χ2n) is 3.05. The fourth-order valence-corrected chi connectivity index (χ4v) is 3.57. The molecule has 0 aromatic heterocycles. The van der Waals surface area contributed by atoms with Gasteiger partial charge in [0, 0.05) is 12.8 Å². The Hall–Kier alpha value is 0.820. The van der Waals surface area contributed by atoms with Crippen molar-refractivity contribution in [1.82, 2.24) is 0 Å². The normalized spacial score (nSPS) is 25.0. The summed E-state index contributed by atoms with van der Waals surface area (Å²) < 4.78 is 53.3. The third-order valence-electron chi connectivity index (χ3n) is 2.07. The Kier molecular flexibility index (Phi) is 4.62. The predicted molar refractivity (Wildman–Crippen MR) is 42.5 cm³/mol. The number of hydrogen-bond donors (Lipinski definition) is 1. The van der Waals surface area contributed by atoms with Gasteiger partial charge in [-0.1, -0.05) is 0 Å². The van der Waals surface area contributed by atoms with Gasteiger partial charge >= 0.3 is 29.6 Å². The van der Waals surface area contributed by atoms with Gasteiger partial charge in [-0.05, 0) is 0 Å². The summed E-state index contributed by atoms with van der Waals surface area (Å²) in [5.74, 6) is -0.907. The van der Waals surface area contributed by atoms with Crippen LogP contribution in [-0.2, 0) is 20.0 Å². The van der Waals surface area contributed by atoms with Crippen LogP contribution in [0.5, 0.6) is 0 Å². The van der Waals surface area contributed by atoms with E-state index in [0.29, 0.717) is 0 Å². The summed E-state index contributed by atoms with van der Waals surface area (Å²) in [4.78, 5) is -2.39. The molecule has 1 aliphatic heterocycles. The van der Waals surface area contributed by atoms with Crippen molar-refractivity contribution >= 4 is 20.0 Å². The molecule has 0 aromatic carbocycles. The summed E-state index contributed by atoms with van der Waals surface area (Å²) in [5.41, 5.74) is 0. The monoisotopic (exact) mass is 252 g/mol. The van der Waals surface area contributed by atoms with E-state index in [-0.39, 0.29) is 29.6 Å². The van der Waals surface area contributed by atoms with Gasteiger partial charge in [-0.15, -0.1) is 0 Å². The minimum absolute atomic E-state index is 0. The second-order valence-corrected chi connectivity index (χ2v) is 7.02. The van der Waals surface area contributed by atoms with E-state index >= 15 is 0 Å². The number of aliphatic hydroxyl groups is 1. The van der Waals surface area contributed by atoms with Crippen molar-refractivity contribution in [3.63, 3.8) is 0 Å². The summed E-state index contributed by atoms with van der Waals surface area (Å²) >= 11 is 0. The molecule has 0 bridgehead atoms. The maximum Gasteiger partial charge on any atom is 1.00 e. The van der Waals surface area contributed by atoms with Gasteiger partial charge < -0.3 is 9.66 Å². The summed E-state index contributed by atoms with van der Waals surface area (Å²) in [6.07, 6.45) is -1.05. The fourth-order valence-electron chi connectivity index (χ4n) is 1.11. The van der Waals surface area contributed by atoms with Crippen LogP contribution >= 0.6 is 0 Å². The van der Waals surface area contributed by atoms with Crippen LogP contribution < -0.4 is 29.6 Å². The predicted octanol–water partition coefficient (Wildman–Crippen LogP) is -4.57. The molecule has 1 N–H and O–H groups in total. The van der Waals surface area contributed by atoms with Gasteiger partial charge in [-0.2, -0.15) is 0 Å². The van der Waals surface area contributed by atoms with Gasteiger partial charge in [-0.3, -0.25) is 0 Å². The van der Waals surface area contributed by atoms with Crippen molar-refractivity contribution in [3.05, 3.63) is 0 Å². The molecular weight excluding hydrogens is 243 g/mol. The van der Waals surface area contributed by atoms with E-state index in [1.165, 1.54) is 0 Å². The van der Waals surface area contributed by atoms with E-state index in [0.717, 1.165) is 0 Å². The molecule has 0 spiro atoms. The van der Waals surface area contributed by atoms with Gasteiger partial charge in [0.2, 0.25) is 0 Å². The molecule has 1 heterocycles. The number of sulfone groups is 1. The summed E-state index contributed by atoms with van der Waals surface area (Å²) in [5, 5.41) is 9.28. The van der Waals surface area contributed by atoms with Gasteiger partial charge in [-0.25, -0.2) is 16.8 Å². The zero-order valence-electron chi connectivity index (χ0n) is 7.63. The Balaban J connectivity index is 0.00000169. The quantitative estimate of drug-likeness (QED) is 0.371. The minimum atomic E-state index is -4.83. The molecule has 0 amide bonds. The molecule has 0 aliphatic carbocycles. The summed E-state index contributed by atoms with van der Waals surface area (Å²) in [6, 6.07) is 0. The molecule has 1 fully saturated rings. The maximum absolute atomic E-state index is 10.9. The molecule has 14 heavy (non-hydrogen) atoms. The molecule has 0 saturated carbocycles. The minimum Gasteiger partial charge on any atom is -0.746 e. The van der Waals surface area contributed by atoms with E-state index in [4.69, 9.17) is 0 Å². The molecule has 6 nitrogen and oxygen atoms in total. The molecule has 0 aromatic rings. The van der Waals surface area contributed by atoms with E-state index in [1.54, 1.807) is 0 Å². The largest absolute Gasteiger partial charge is 1.00 e. The zero-order chi connectivity index (χ0) is 10.3. The van der Waals surface area contributed by atoms with Gasteiger partial charge in [0.15, 0.2) is 14.8 Å². The molecule has 0 atom stereocenters. The summed E-state index contributed by atoms with van der Waals surface area (Å²) in [7, 11) is -8.11. The first-order chi connectivity index (χ1) is 5.66. The van der Waals surface area contributed by atoms with Crippen molar-refractivity contribution in [3.8, 4) is 0 Å². The van der Waals surface area contributed by atoms with Crippen LogP contribution in [0.3, 0.4) is 0 Å². The molecule has 0 radical (unpaired) electrons. The molecule has 9 heteroatoms. The van der Waals surface area contributed by atoms with Crippen LogP contribution in [0.2, 0.25) is 0 Å². The van der Waals surface area contributed by atoms with Crippen molar-refractivity contribution in [1.29, 1.82) is 0 Å². The molecule has 1 rings (SSSR count). The third kappa shape index (κ3) is 3.16. The molecule has 78 valence electrons. The van der Waals surface area contributed by atoms with Crippen LogP contribution in [-0.4, -0.2) is 42.9 Å². The average Bonchev–Trinajstić information content (AvgIpc) is 1.94. The topological polar surface area (TPSA) is 112 Å². The summed E-state index contributed by atoms with van der Waals surface area (Å²) in [6.45, 7) is 0. The Morgan fingerprint density at radius 3 is 1.86 bits per heavy atom. The van der Waals surface area contributed by atoms with Crippen LogP contribution in [0.1, 0.15) is 12.8 Å². The first-order valence-electron chi connectivity index (χ1n) is 3.55.